The summed E-state index contributed by atoms with van der Waals surface area (Å²) in [4.78, 5) is 22.3. The van der Waals surface area contributed by atoms with Crippen molar-refractivity contribution in [1.82, 2.24) is 29.4 Å². The van der Waals surface area contributed by atoms with Crippen molar-refractivity contribution in [3.8, 4) is 10.6 Å². The van der Waals surface area contributed by atoms with Crippen molar-refractivity contribution >= 4 is 52.0 Å². The zero-order valence-electron chi connectivity index (χ0n) is 15.7. The number of benzene rings is 1. The van der Waals surface area contributed by atoms with E-state index in [-0.39, 0.29) is 5.95 Å². The number of anilines is 1. The van der Waals surface area contributed by atoms with Crippen LogP contribution in [0, 0.1) is 0 Å². The smallest absolute Gasteiger partial charge is 0.263 e. The van der Waals surface area contributed by atoms with Crippen molar-refractivity contribution in [2.24, 2.45) is 0 Å². The average molecular weight is 470 g/mol. The maximum absolute atomic E-state index is 12.8. The molecule has 0 fully saturated rings. The molecule has 0 aliphatic carbocycles. The number of nitrogens with one attached hydrogen (secondary N) is 1. The molecule has 0 aliphatic rings. The third-order valence-electron chi connectivity index (χ3n) is 4.51. The lowest BCUT2D eigenvalue weighted by molar-refractivity contribution is 0.102. The number of thiophene rings is 1. The van der Waals surface area contributed by atoms with Gasteiger partial charge in [-0.1, -0.05) is 35.3 Å². The van der Waals surface area contributed by atoms with Gasteiger partial charge in [0, 0.05) is 6.20 Å². The minimum absolute atomic E-state index is 0.179. The first-order valence-electron chi connectivity index (χ1n) is 9.10. The van der Waals surface area contributed by atoms with Crippen LogP contribution in [-0.2, 0) is 6.54 Å². The summed E-state index contributed by atoms with van der Waals surface area (Å²) in [7, 11) is 0. The number of hydrogen-bond acceptors (Lipinski definition) is 6. The zero-order valence-corrected chi connectivity index (χ0v) is 18.1. The fourth-order valence-corrected chi connectivity index (χ4v) is 4.14. The number of carbonyl (C=O) groups is 1. The highest BCUT2D eigenvalue weighted by Gasteiger charge is 2.18. The van der Waals surface area contributed by atoms with Crippen molar-refractivity contribution in [3.63, 3.8) is 0 Å². The molecule has 0 saturated heterocycles. The molecule has 5 aromatic rings. The van der Waals surface area contributed by atoms with Crippen LogP contribution in [0.5, 0.6) is 0 Å². The molecular formula is C20H13Cl2N7OS. The molecular weight excluding hydrogens is 457 g/mol. The van der Waals surface area contributed by atoms with E-state index in [1.807, 2.05) is 29.6 Å². The number of amides is 1. The molecule has 1 N–H and O–H groups in total. The minimum atomic E-state index is -0.391. The van der Waals surface area contributed by atoms with Crippen molar-refractivity contribution in [2.45, 2.75) is 6.54 Å². The number of carbonyl (C=O) groups excluding carboxylic acids is 1. The molecule has 0 spiro atoms. The second-order valence-electron chi connectivity index (χ2n) is 6.57. The molecule has 0 atom stereocenters. The third kappa shape index (κ3) is 3.90. The van der Waals surface area contributed by atoms with Crippen LogP contribution in [0.25, 0.3) is 16.2 Å². The molecule has 0 aliphatic heterocycles. The lowest BCUT2D eigenvalue weighted by Crippen LogP contribution is -2.13. The van der Waals surface area contributed by atoms with Gasteiger partial charge in [-0.15, -0.1) is 16.4 Å². The highest BCUT2D eigenvalue weighted by molar-refractivity contribution is 7.13. The predicted octanol–water partition coefficient (Wildman–Crippen LogP) is 4.66. The van der Waals surface area contributed by atoms with Crippen LogP contribution in [0.1, 0.15) is 15.9 Å². The first-order chi connectivity index (χ1) is 15.1. The number of nitrogens with zero attached hydrogens (tertiary/aromatic N) is 6. The fraction of sp³-hybridized carbons (Fsp3) is 0.0500. The van der Waals surface area contributed by atoms with E-state index in [1.54, 1.807) is 38.9 Å². The van der Waals surface area contributed by atoms with E-state index in [2.05, 4.69) is 25.5 Å². The van der Waals surface area contributed by atoms with Crippen LogP contribution < -0.4 is 5.32 Å². The highest BCUT2D eigenvalue weighted by atomic mass is 35.5. The van der Waals surface area contributed by atoms with Gasteiger partial charge in [0.15, 0.2) is 5.65 Å². The predicted molar refractivity (Wildman–Crippen MR) is 120 cm³/mol. The number of hydrogen-bond donors (Lipinski definition) is 1. The molecule has 1 amide bonds. The quantitative estimate of drug-likeness (QED) is 0.404. The molecule has 0 unspecified atom stereocenters. The lowest BCUT2D eigenvalue weighted by Gasteiger charge is -2.03. The standard InChI is InChI=1S/C20H13Cl2N7OS/c21-14-4-3-12(8-15(14)22)10-28-11-24-20(27-28)26-19(30)13-9-25-29-16(5-6-23-18(13)29)17-2-1-7-31-17/h1-9,11H,10H2,(H,26,27,30). The maximum Gasteiger partial charge on any atom is 0.263 e. The van der Waals surface area contributed by atoms with Gasteiger partial charge >= 0.3 is 0 Å². The van der Waals surface area contributed by atoms with Gasteiger partial charge in [-0.05, 0) is 35.2 Å². The van der Waals surface area contributed by atoms with Gasteiger partial charge in [-0.25, -0.2) is 19.2 Å². The molecule has 0 saturated carbocycles. The molecule has 5 rings (SSSR count). The molecule has 8 nitrogen and oxygen atoms in total. The zero-order chi connectivity index (χ0) is 21.4. The van der Waals surface area contributed by atoms with Crippen molar-refractivity contribution in [3.05, 3.63) is 81.7 Å². The number of fused-ring (bicyclic) bond motifs is 1. The van der Waals surface area contributed by atoms with Gasteiger partial charge in [0.05, 0.1) is 33.4 Å². The Labute approximate surface area is 190 Å². The Balaban J connectivity index is 1.36. The summed E-state index contributed by atoms with van der Waals surface area (Å²) in [5.74, 6) is -0.211. The Bertz CT molecular complexity index is 1390. The summed E-state index contributed by atoms with van der Waals surface area (Å²) in [6, 6.07) is 11.2. The Morgan fingerprint density at radius 3 is 2.84 bits per heavy atom. The van der Waals surface area contributed by atoms with E-state index in [9.17, 15) is 4.79 Å². The van der Waals surface area contributed by atoms with Crippen LogP contribution in [0.3, 0.4) is 0 Å². The van der Waals surface area contributed by atoms with Crippen molar-refractivity contribution in [2.75, 3.05) is 5.32 Å². The molecule has 0 radical (unpaired) electrons. The molecule has 4 heterocycles. The maximum atomic E-state index is 12.8. The van der Waals surface area contributed by atoms with E-state index in [4.69, 9.17) is 23.2 Å². The topological polar surface area (TPSA) is 90.0 Å². The fourth-order valence-electron chi connectivity index (χ4n) is 3.08. The first kappa shape index (κ1) is 19.7. The van der Waals surface area contributed by atoms with E-state index in [0.717, 1.165) is 16.1 Å². The Hall–Kier alpha value is -3.27. The van der Waals surface area contributed by atoms with Crippen molar-refractivity contribution < 1.29 is 4.79 Å². The molecule has 154 valence electrons. The summed E-state index contributed by atoms with van der Waals surface area (Å²) in [5.41, 5.74) is 2.56. The average Bonchev–Trinajstić information content (AvgIpc) is 3.51. The van der Waals surface area contributed by atoms with Crippen LogP contribution in [0.2, 0.25) is 10.0 Å². The monoisotopic (exact) mass is 469 g/mol. The van der Waals surface area contributed by atoms with E-state index in [1.165, 1.54) is 12.5 Å². The van der Waals surface area contributed by atoms with Crippen LogP contribution >= 0.6 is 34.5 Å². The SMILES string of the molecule is O=C(Nc1ncn(Cc2ccc(Cl)c(Cl)c2)n1)c1cnn2c(-c3cccs3)ccnc12. The summed E-state index contributed by atoms with van der Waals surface area (Å²) in [5, 5.41) is 14.3. The molecule has 31 heavy (non-hydrogen) atoms. The summed E-state index contributed by atoms with van der Waals surface area (Å²) in [6.45, 7) is 0.433. The lowest BCUT2D eigenvalue weighted by atomic mass is 10.2. The number of halogens is 2. The summed E-state index contributed by atoms with van der Waals surface area (Å²) >= 11 is 13.6. The Morgan fingerprint density at radius 2 is 2.03 bits per heavy atom. The van der Waals surface area contributed by atoms with Gasteiger partial charge in [0.2, 0.25) is 5.95 Å². The molecule has 1 aromatic carbocycles. The normalized spacial score (nSPS) is 11.2. The van der Waals surface area contributed by atoms with Crippen LogP contribution in [-0.4, -0.2) is 35.3 Å². The summed E-state index contributed by atoms with van der Waals surface area (Å²) in [6.07, 6.45) is 4.68. The summed E-state index contributed by atoms with van der Waals surface area (Å²) < 4.78 is 3.25. The van der Waals surface area contributed by atoms with E-state index < -0.39 is 5.91 Å². The number of rotatable bonds is 5. The largest absolute Gasteiger partial charge is 0.289 e. The molecule has 11 heteroatoms. The van der Waals surface area contributed by atoms with Crippen LogP contribution in [0.4, 0.5) is 5.95 Å². The van der Waals surface area contributed by atoms with Gasteiger partial charge in [-0.3, -0.25) is 10.1 Å². The van der Waals surface area contributed by atoms with Gasteiger partial charge < -0.3 is 0 Å². The van der Waals surface area contributed by atoms with Gasteiger partial charge in [0.1, 0.15) is 11.9 Å². The molecule has 4 aromatic heterocycles. The minimum Gasteiger partial charge on any atom is -0.289 e. The van der Waals surface area contributed by atoms with Crippen molar-refractivity contribution in [1.29, 1.82) is 0 Å². The van der Waals surface area contributed by atoms with Gasteiger partial charge in [-0.2, -0.15) is 5.10 Å². The molecule has 0 bridgehead atoms. The van der Waals surface area contributed by atoms with Gasteiger partial charge in [0.25, 0.3) is 5.91 Å². The number of aromatic nitrogens is 6. The Morgan fingerprint density at radius 1 is 1.13 bits per heavy atom. The Kier molecular flexibility index (Phi) is 5.14. The second-order valence-corrected chi connectivity index (χ2v) is 8.33. The second kappa shape index (κ2) is 8.10. The van der Waals surface area contributed by atoms with Crippen LogP contribution in [0.15, 0.2) is 60.5 Å². The van der Waals surface area contributed by atoms with E-state index >= 15 is 0 Å². The third-order valence-corrected chi connectivity index (χ3v) is 6.14. The van der Waals surface area contributed by atoms with E-state index in [0.29, 0.717) is 27.8 Å². The highest BCUT2D eigenvalue weighted by Crippen LogP contribution is 2.25. The first-order valence-corrected chi connectivity index (χ1v) is 10.7.